The van der Waals surface area contributed by atoms with Crippen molar-refractivity contribution < 1.29 is 4.79 Å². The Hall–Kier alpha value is -1.89. The van der Waals surface area contributed by atoms with E-state index in [1.807, 2.05) is 18.8 Å². The van der Waals surface area contributed by atoms with Crippen LogP contribution in [0.1, 0.15) is 31.3 Å². The van der Waals surface area contributed by atoms with E-state index in [9.17, 15) is 14.4 Å². The van der Waals surface area contributed by atoms with Crippen LogP contribution in [-0.2, 0) is 0 Å². The molecule has 0 aliphatic carbocycles. The number of hydrogen-bond acceptors (Lipinski definition) is 4. The molecule has 0 aromatic carbocycles. The highest BCUT2D eigenvalue weighted by atomic mass is 16.2. The number of aromatic amines is 2. The molecule has 1 amide bonds. The lowest BCUT2D eigenvalue weighted by Crippen LogP contribution is -2.55. The van der Waals surface area contributed by atoms with Crippen molar-refractivity contribution in [2.45, 2.75) is 26.3 Å². The Morgan fingerprint density at radius 2 is 2.06 bits per heavy atom. The highest BCUT2D eigenvalue weighted by Gasteiger charge is 2.29. The molecule has 0 aliphatic heterocycles. The molecule has 0 saturated heterocycles. The molecule has 7 nitrogen and oxygen atoms in total. The van der Waals surface area contributed by atoms with Crippen molar-refractivity contribution in [3.05, 3.63) is 32.6 Å². The molecule has 0 saturated carbocycles. The highest BCUT2D eigenvalue weighted by molar-refractivity contribution is 5.92. The Morgan fingerprint density at radius 3 is 2.50 bits per heavy atom. The summed E-state index contributed by atoms with van der Waals surface area (Å²) in [5.41, 5.74) is 3.62. The van der Waals surface area contributed by atoms with Gasteiger partial charge in [0.25, 0.3) is 11.5 Å². The molecule has 0 bridgehead atoms. The Bertz CT molecular complexity index is 517. The lowest BCUT2D eigenvalue weighted by molar-refractivity contribution is 0.0877. The van der Waals surface area contributed by atoms with Crippen LogP contribution in [0.3, 0.4) is 0 Å². The molecule has 18 heavy (non-hydrogen) atoms. The third-order valence-corrected chi connectivity index (χ3v) is 3.10. The molecular weight excluding hydrogens is 236 g/mol. The summed E-state index contributed by atoms with van der Waals surface area (Å²) in [6.07, 6.45) is 0. The second-order valence-electron chi connectivity index (χ2n) is 4.73. The minimum Gasteiger partial charge on any atom is -0.344 e. The van der Waals surface area contributed by atoms with Gasteiger partial charge in [-0.1, -0.05) is 13.8 Å². The van der Waals surface area contributed by atoms with Crippen LogP contribution in [0.4, 0.5) is 0 Å². The van der Waals surface area contributed by atoms with Gasteiger partial charge in [-0.2, -0.15) is 0 Å². The van der Waals surface area contributed by atoms with Gasteiger partial charge in [0.1, 0.15) is 5.69 Å². The van der Waals surface area contributed by atoms with Gasteiger partial charge in [-0.25, -0.2) is 4.79 Å². The third-order valence-electron chi connectivity index (χ3n) is 3.10. The predicted octanol–water partition coefficient (Wildman–Crippen LogP) is -0.834. The van der Waals surface area contributed by atoms with E-state index in [0.29, 0.717) is 0 Å². The van der Waals surface area contributed by atoms with E-state index < -0.39 is 22.7 Å². The first-order valence-electron chi connectivity index (χ1n) is 5.64. The van der Waals surface area contributed by atoms with E-state index in [1.165, 1.54) is 0 Å². The molecule has 0 spiro atoms. The van der Waals surface area contributed by atoms with Crippen LogP contribution in [0, 0.1) is 5.92 Å². The van der Waals surface area contributed by atoms with Gasteiger partial charge in [0.15, 0.2) is 0 Å². The first-order chi connectivity index (χ1) is 8.28. The number of amides is 1. The zero-order valence-electron chi connectivity index (χ0n) is 10.7. The topological polar surface area (TPSA) is 121 Å². The van der Waals surface area contributed by atoms with Gasteiger partial charge in [0.05, 0.1) is 5.54 Å². The number of carbonyl (C=O) groups excluding carboxylic acids is 1. The van der Waals surface area contributed by atoms with E-state index in [0.717, 1.165) is 6.07 Å². The standard InChI is InChI=1S/C11H18N4O3/c1-6(2)11(3,5-12)15-9(17)7-4-8(16)14-10(18)13-7/h4,6H,5,12H2,1-3H3,(H,15,17)(H2,13,14,16,18). The Balaban J connectivity index is 3.02. The van der Waals surface area contributed by atoms with E-state index in [2.05, 4.69) is 10.3 Å². The summed E-state index contributed by atoms with van der Waals surface area (Å²) in [7, 11) is 0. The maximum Gasteiger partial charge on any atom is 0.326 e. The zero-order valence-corrected chi connectivity index (χ0v) is 10.7. The van der Waals surface area contributed by atoms with Crippen molar-refractivity contribution in [3.8, 4) is 0 Å². The van der Waals surface area contributed by atoms with Crippen molar-refractivity contribution in [2.75, 3.05) is 6.54 Å². The number of nitrogens with two attached hydrogens (primary N) is 1. The summed E-state index contributed by atoms with van der Waals surface area (Å²) < 4.78 is 0. The maximum absolute atomic E-state index is 11.9. The van der Waals surface area contributed by atoms with E-state index in [-0.39, 0.29) is 18.2 Å². The minimum absolute atomic E-state index is 0.0796. The van der Waals surface area contributed by atoms with E-state index in [4.69, 9.17) is 5.73 Å². The monoisotopic (exact) mass is 254 g/mol. The molecule has 0 radical (unpaired) electrons. The number of aromatic nitrogens is 2. The van der Waals surface area contributed by atoms with E-state index >= 15 is 0 Å². The lowest BCUT2D eigenvalue weighted by atomic mass is 9.88. The molecule has 1 aromatic rings. The quantitative estimate of drug-likeness (QED) is 0.560. The molecular formula is C11H18N4O3. The van der Waals surface area contributed by atoms with E-state index in [1.54, 1.807) is 6.92 Å². The number of rotatable bonds is 4. The van der Waals surface area contributed by atoms with Gasteiger partial charge in [-0.05, 0) is 12.8 Å². The molecule has 1 rings (SSSR count). The summed E-state index contributed by atoms with van der Waals surface area (Å²) in [6.45, 7) is 5.91. The number of H-pyrrole nitrogens is 2. The van der Waals surface area contributed by atoms with Crippen LogP contribution in [0.15, 0.2) is 15.7 Å². The largest absolute Gasteiger partial charge is 0.344 e. The number of nitrogens with one attached hydrogen (secondary N) is 3. The van der Waals surface area contributed by atoms with Crippen molar-refractivity contribution in [3.63, 3.8) is 0 Å². The first kappa shape index (κ1) is 14.2. The van der Waals surface area contributed by atoms with Gasteiger partial charge < -0.3 is 16.0 Å². The normalized spacial score (nSPS) is 14.3. The third kappa shape index (κ3) is 3.07. The molecule has 100 valence electrons. The smallest absolute Gasteiger partial charge is 0.326 e. The molecule has 0 fully saturated rings. The molecule has 7 heteroatoms. The summed E-state index contributed by atoms with van der Waals surface area (Å²) in [5.74, 6) is -0.417. The highest BCUT2D eigenvalue weighted by Crippen LogP contribution is 2.15. The predicted molar refractivity (Wildman–Crippen MR) is 67.4 cm³/mol. The molecule has 1 unspecified atom stereocenters. The van der Waals surface area contributed by atoms with Crippen LogP contribution >= 0.6 is 0 Å². The second-order valence-corrected chi connectivity index (χ2v) is 4.73. The molecule has 1 heterocycles. The molecule has 1 atom stereocenters. The minimum atomic E-state index is -0.716. The number of hydrogen-bond donors (Lipinski definition) is 4. The Morgan fingerprint density at radius 1 is 1.44 bits per heavy atom. The van der Waals surface area contributed by atoms with Crippen LogP contribution in [-0.4, -0.2) is 28.0 Å². The summed E-state index contributed by atoms with van der Waals surface area (Å²) in [4.78, 5) is 38.4. The zero-order chi connectivity index (χ0) is 13.9. The average Bonchev–Trinajstić information content (AvgIpc) is 2.27. The van der Waals surface area contributed by atoms with Gasteiger partial charge in [0.2, 0.25) is 0 Å². The molecule has 5 N–H and O–H groups in total. The first-order valence-corrected chi connectivity index (χ1v) is 5.64. The Labute approximate surface area is 104 Å². The van der Waals surface area contributed by atoms with Crippen molar-refractivity contribution in [2.24, 2.45) is 11.7 Å². The van der Waals surface area contributed by atoms with Crippen LogP contribution in [0.25, 0.3) is 0 Å². The Kier molecular flexibility index (Phi) is 4.07. The van der Waals surface area contributed by atoms with Crippen LogP contribution < -0.4 is 22.3 Å². The SMILES string of the molecule is CC(C)C(C)(CN)NC(=O)c1cc(=O)[nH]c(=O)[nH]1. The fraction of sp³-hybridized carbons (Fsp3) is 0.545. The maximum atomic E-state index is 11.9. The van der Waals surface area contributed by atoms with Gasteiger partial charge in [-0.15, -0.1) is 0 Å². The van der Waals surface area contributed by atoms with Crippen molar-refractivity contribution >= 4 is 5.91 Å². The second kappa shape index (κ2) is 5.18. The lowest BCUT2D eigenvalue weighted by Gasteiger charge is -2.33. The van der Waals surface area contributed by atoms with Gasteiger partial charge in [-0.3, -0.25) is 14.6 Å². The summed E-state index contributed by atoms with van der Waals surface area (Å²) >= 11 is 0. The van der Waals surface area contributed by atoms with Crippen molar-refractivity contribution in [1.82, 2.24) is 15.3 Å². The average molecular weight is 254 g/mol. The van der Waals surface area contributed by atoms with Crippen LogP contribution in [0.5, 0.6) is 0 Å². The molecule has 0 aliphatic rings. The molecule has 1 aromatic heterocycles. The van der Waals surface area contributed by atoms with Gasteiger partial charge in [0, 0.05) is 12.6 Å². The number of carbonyl (C=O) groups is 1. The van der Waals surface area contributed by atoms with Crippen LogP contribution in [0.2, 0.25) is 0 Å². The van der Waals surface area contributed by atoms with Gasteiger partial charge >= 0.3 is 5.69 Å². The fourth-order valence-corrected chi connectivity index (χ4v) is 1.35. The summed E-state index contributed by atoms with van der Waals surface area (Å²) in [6, 6.07) is 1.04. The fourth-order valence-electron chi connectivity index (χ4n) is 1.35. The summed E-state index contributed by atoms with van der Waals surface area (Å²) in [5, 5.41) is 2.73. The van der Waals surface area contributed by atoms with Crippen molar-refractivity contribution in [1.29, 1.82) is 0 Å².